The van der Waals surface area contributed by atoms with E-state index in [1.165, 1.54) is 10.9 Å². The second-order valence-corrected chi connectivity index (χ2v) is 4.80. The number of nitrogens with zero attached hydrogens (tertiary/aromatic N) is 1. The molecule has 3 heteroatoms. The van der Waals surface area contributed by atoms with Crippen LogP contribution in [0.3, 0.4) is 0 Å². The van der Waals surface area contributed by atoms with E-state index in [-0.39, 0.29) is 5.90 Å². The van der Waals surface area contributed by atoms with Gasteiger partial charge in [-0.15, -0.1) is 0 Å². The summed E-state index contributed by atoms with van der Waals surface area (Å²) in [6.07, 6.45) is 2.56. The number of nitrogens with one attached hydrogen (secondary N) is 1. The van der Waals surface area contributed by atoms with Crippen molar-refractivity contribution in [3.05, 3.63) is 66.4 Å². The zero-order valence-electron chi connectivity index (χ0n) is 11.3. The third kappa shape index (κ3) is 2.43. The van der Waals surface area contributed by atoms with Gasteiger partial charge in [-0.1, -0.05) is 36.4 Å². The second kappa shape index (κ2) is 5.21. The molecule has 0 aliphatic rings. The molecule has 0 aliphatic carbocycles. The van der Waals surface area contributed by atoms with Gasteiger partial charge in [-0.2, -0.15) is 0 Å². The molecule has 3 rings (SSSR count). The van der Waals surface area contributed by atoms with Crippen molar-refractivity contribution in [2.24, 2.45) is 7.05 Å². The van der Waals surface area contributed by atoms with Gasteiger partial charge < -0.3 is 9.30 Å². The van der Waals surface area contributed by atoms with Gasteiger partial charge in [0.1, 0.15) is 5.75 Å². The van der Waals surface area contributed by atoms with Gasteiger partial charge in [0, 0.05) is 24.1 Å². The molecule has 1 aromatic heterocycles. The lowest BCUT2D eigenvalue weighted by atomic mass is 10.1. The molecule has 20 heavy (non-hydrogen) atoms. The zero-order valence-corrected chi connectivity index (χ0v) is 11.3. The fourth-order valence-electron chi connectivity index (χ4n) is 2.41. The molecular formula is C17H16N2O. The van der Waals surface area contributed by atoms with Gasteiger partial charge in [-0.05, 0) is 23.8 Å². The van der Waals surface area contributed by atoms with Crippen LogP contribution in [0.2, 0.25) is 0 Å². The average Bonchev–Trinajstić information content (AvgIpc) is 2.77. The van der Waals surface area contributed by atoms with Crippen molar-refractivity contribution >= 4 is 16.8 Å². The van der Waals surface area contributed by atoms with Crippen LogP contribution < -0.4 is 4.74 Å². The van der Waals surface area contributed by atoms with E-state index in [9.17, 15) is 0 Å². The summed E-state index contributed by atoms with van der Waals surface area (Å²) in [5.74, 6) is 0.963. The number of rotatable bonds is 3. The summed E-state index contributed by atoms with van der Waals surface area (Å²) in [6, 6.07) is 17.7. The highest BCUT2D eigenvalue weighted by Gasteiger charge is 2.09. The number of hydrogen-bond acceptors (Lipinski definition) is 2. The van der Waals surface area contributed by atoms with Gasteiger partial charge in [-0.25, -0.2) is 0 Å². The molecule has 0 atom stereocenters. The molecule has 1 N–H and O–H groups in total. The van der Waals surface area contributed by atoms with Crippen molar-refractivity contribution in [3.63, 3.8) is 0 Å². The van der Waals surface area contributed by atoms with Gasteiger partial charge in [0.25, 0.3) is 0 Å². The van der Waals surface area contributed by atoms with E-state index in [0.717, 1.165) is 5.56 Å². The van der Waals surface area contributed by atoms with Crippen LogP contribution in [0, 0.1) is 5.41 Å². The molecule has 0 unspecified atom stereocenters. The Morgan fingerprint density at radius 2 is 1.75 bits per heavy atom. The fourth-order valence-corrected chi connectivity index (χ4v) is 2.41. The Hall–Kier alpha value is -2.55. The molecule has 2 aromatic carbocycles. The molecule has 0 aliphatic heterocycles. The van der Waals surface area contributed by atoms with E-state index in [4.69, 9.17) is 10.1 Å². The minimum Gasteiger partial charge on any atom is -0.443 e. The average molecular weight is 264 g/mol. The van der Waals surface area contributed by atoms with Gasteiger partial charge in [0.05, 0.1) is 6.42 Å². The van der Waals surface area contributed by atoms with Crippen molar-refractivity contribution in [3.8, 4) is 5.75 Å². The Labute approximate surface area is 117 Å². The summed E-state index contributed by atoms with van der Waals surface area (Å²) in [6.45, 7) is 0. The predicted molar refractivity (Wildman–Crippen MR) is 81.4 cm³/mol. The molecule has 0 fully saturated rings. The lowest BCUT2D eigenvalue weighted by Crippen LogP contribution is -2.09. The molecule has 0 saturated carbocycles. The van der Waals surface area contributed by atoms with Crippen molar-refractivity contribution in [2.45, 2.75) is 6.42 Å². The van der Waals surface area contributed by atoms with E-state index in [2.05, 4.69) is 22.9 Å². The van der Waals surface area contributed by atoms with Crippen LogP contribution in [-0.2, 0) is 13.5 Å². The fraction of sp³-hybridized carbons (Fsp3) is 0.118. The minimum absolute atomic E-state index is 0.257. The van der Waals surface area contributed by atoms with Gasteiger partial charge in [0.2, 0.25) is 0 Å². The Balaban J connectivity index is 1.81. The zero-order chi connectivity index (χ0) is 13.9. The summed E-state index contributed by atoms with van der Waals surface area (Å²) < 4.78 is 7.63. The standard InChI is InChI=1S/C17H16N2O/c1-19-12-13(15-9-5-6-10-16(15)19)11-17(18)20-14-7-3-2-4-8-14/h2-10,12,18H,11H2,1H3. The number of hydrogen-bond donors (Lipinski definition) is 1. The van der Waals surface area contributed by atoms with Crippen molar-refractivity contribution in [1.82, 2.24) is 4.57 Å². The summed E-state index contributed by atoms with van der Waals surface area (Å²) in [5.41, 5.74) is 2.29. The van der Waals surface area contributed by atoms with Crippen LogP contribution in [0.15, 0.2) is 60.8 Å². The lowest BCUT2D eigenvalue weighted by Gasteiger charge is -2.06. The first kappa shape index (κ1) is 12.5. The van der Waals surface area contributed by atoms with Gasteiger partial charge in [0.15, 0.2) is 5.90 Å². The molecule has 0 bridgehead atoms. The summed E-state index contributed by atoms with van der Waals surface area (Å²) in [5, 5.41) is 9.19. The molecule has 3 nitrogen and oxygen atoms in total. The largest absolute Gasteiger partial charge is 0.443 e. The summed E-state index contributed by atoms with van der Waals surface area (Å²) in [7, 11) is 2.02. The predicted octanol–water partition coefficient (Wildman–Crippen LogP) is 3.78. The molecule has 3 aromatic rings. The quantitative estimate of drug-likeness (QED) is 0.567. The number of benzene rings is 2. The van der Waals surface area contributed by atoms with Crippen LogP contribution >= 0.6 is 0 Å². The van der Waals surface area contributed by atoms with E-state index >= 15 is 0 Å². The Morgan fingerprint density at radius 3 is 2.55 bits per heavy atom. The van der Waals surface area contributed by atoms with Crippen LogP contribution in [0.1, 0.15) is 5.56 Å². The van der Waals surface area contributed by atoms with Gasteiger partial charge in [-0.3, -0.25) is 5.41 Å². The Bertz CT molecular complexity index is 744. The maximum atomic E-state index is 8.02. The number of aryl methyl sites for hydroxylation is 1. The maximum absolute atomic E-state index is 8.02. The SMILES string of the molecule is Cn1cc(CC(=N)Oc2ccccc2)c2ccccc21. The second-order valence-electron chi connectivity index (χ2n) is 4.80. The lowest BCUT2D eigenvalue weighted by molar-refractivity contribution is 0.533. The Kier molecular flexibility index (Phi) is 3.25. The van der Waals surface area contributed by atoms with E-state index in [1.807, 2.05) is 49.5 Å². The smallest absolute Gasteiger partial charge is 0.191 e. The number of ether oxygens (including phenoxy) is 1. The molecule has 100 valence electrons. The van der Waals surface area contributed by atoms with E-state index in [1.54, 1.807) is 0 Å². The summed E-state index contributed by atoms with van der Waals surface area (Å²) >= 11 is 0. The third-order valence-corrected chi connectivity index (χ3v) is 3.31. The molecule has 1 heterocycles. The maximum Gasteiger partial charge on any atom is 0.191 e. The highest BCUT2D eigenvalue weighted by Crippen LogP contribution is 2.21. The van der Waals surface area contributed by atoms with E-state index < -0.39 is 0 Å². The molecule has 0 saturated heterocycles. The van der Waals surface area contributed by atoms with Crippen molar-refractivity contribution < 1.29 is 4.74 Å². The first-order valence-corrected chi connectivity index (χ1v) is 6.57. The van der Waals surface area contributed by atoms with Crippen molar-refractivity contribution in [1.29, 1.82) is 5.41 Å². The molecule has 0 radical (unpaired) electrons. The van der Waals surface area contributed by atoms with Crippen LogP contribution in [-0.4, -0.2) is 10.5 Å². The van der Waals surface area contributed by atoms with Crippen LogP contribution in [0.4, 0.5) is 0 Å². The molecule has 0 spiro atoms. The van der Waals surface area contributed by atoms with Crippen LogP contribution in [0.5, 0.6) is 5.75 Å². The minimum atomic E-state index is 0.257. The monoisotopic (exact) mass is 264 g/mol. The topological polar surface area (TPSA) is 38.0 Å². The Morgan fingerprint density at radius 1 is 1.05 bits per heavy atom. The molecule has 0 amide bonds. The normalized spacial score (nSPS) is 10.7. The number of fused-ring (bicyclic) bond motifs is 1. The third-order valence-electron chi connectivity index (χ3n) is 3.31. The highest BCUT2D eigenvalue weighted by molar-refractivity contribution is 5.89. The molecular weight excluding hydrogens is 248 g/mol. The highest BCUT2D eigenvalue weighted by atomic mass is 16.5. The first-order valence-electron chi connectivity index (χ1n) is 6.57. The summed E-state index contributed by atoms with van der Waals surface area (Å²) in [4.78, 5) is 0. The number of para-hydroxylation sites is 2. The first-order chi connectivity index (χ1) is 9.74. The number of aromatic nitrogens is 1. The van der Waals surface area contributed by atoms with Crippen molar-refractivity contribution in [2.75, 3.05) is 0 Å². The van der Waals surface area contributed by atoms with Gasteiger partial charge >= 0.3 is 0 Å². The van der Waals surface area contributed by atoms with Crippen LogP contribution in [0.25, 0.3) is 10.9 Å². The van der Waals surface area contributed by atoms with E-state index in [0.29, 0.717) is 12.2 Å².